The summed E-state index contributed by atoms with van der Waals surface area (Å²) in [5.74, 6) is -1.46. The summed E-state index contributed by atoms with van der Waals surface area (Å²) in [4.78, 5) is 17.2. The molecule has 3 saturated heterocycles. The second-order valence-electron chi connectivity index (χ2n) is 5.22. The quantitative estimate of drug-likeness (QED) is 0.865. The average Bonchev–Trinajstić information content (AvgIpc) is 2.42. The largest absolute Gasteiger partial charge is 0.478 e. The van der Waals surface area contributed by atoms with Crippen LogP contribution in [0.4, 0.5) is 10.2 Å². The molecule has 1 aromatic rings. The van der Waals surface area contributed by atoms with Gasteiger partial charge >= 0.3 is 5.97 Å². The van der Waals surface area contributed by atoms with Crippen molar-refractivity contribution < 1.29 is 14.3 Å². The van der Waals surface area contributed by atoms with Gasteiger partial charge in [-0.1, -0.05) is 0 Å². The van der Waals surface area contributed by atoms with Crippen LogP contribution in [-0.4, -0.2) is 46.6 Å². The number of fused-ring (bicyclic) bond motifs is 3. The van der Waals surface area contributed by atoms with Gasteiger partial charge in [0.05, 0.1) is 0 Å². The van der Waals surface area contributed by atoms with Gasteiger partial charge in [-0.2, -0.15) is 0 Å². The van der Waals surface area contributed by atoms with Crippen LogP contribution in [0.25, 0.3) is 0 Å². The van der Waals surface area contributed by atoms with Crippen molar-refractivity contribution in [3.63, 3.8) is 0 Å². The first-order chi connectivity index (χ1) is 9.15. The predicted octanol–water partition coefficient (Wildman–Crippen LogP) is 1.42. The second kappa shape index (κ2) is 4.77. The molecule has 1 atom stereocenters. The number of carboxylic acids is 1. The Morgan fingerprint density at radius 1 is 1.47 bits per heavy atom. The van der Waals surface area contributed by atoms with Gasteiger partial charge in [-0.05, 0) is 37.9 Å². The van der Waals surface area contributed by atoms with Crippen LogP contribution in [0, 0.1) is 11.7 Å². The number of pyridine rings is 1. The van der Waals surface area contributed by atoms with Crippen molar-refractivity contribution in [1.82, 2.24) is 9.88 Å². The van der Waals surface area contributed by atoms with E-state index in [1.165, 1.54) is 12.3 Å². The smallest absolute Gasteiger partial charge is 0.338 e. The minimum absolute atomic E-state index is 0.0543. The molecular formula is C13H16FN3O2. The Balaban J connectivity index is 1.80. The highest BCUT2D eigenvalue weighted by atomic mass is 19.1. The van der Waals surface area contributed by atoms with Crippen molar-refractivity contribution in [2.24, 2.45) is 5.92 Å². The molecule has 3 aliphatic heterocycles. The fourth-order valence-electron chi connectivity index (χ4n) is 3.01. The van der Waals surface area contributed by atoms with Crippen molar-refractivity contribution >= 4 is 11.8 Å². The molecule has 3 aliphatic rings. The molecule has 5 nitrogen and oxygen atoms in total. The lowest BCUT2D eigenvalue weighted by Crippen LogP contribution is -2.53. The number of aromatic nitrogens is 1. The van der Waals surface area contributed by atoms with Crippen LogP contribution in [0.15, 0.2) is 12.3 Å². The Hall–Kier alpha value is -1.69. The van der Waals surface area contributed by atoms with E-state index in [2.05, 4.69) is 15.2 Å². The molecule has 0 spiro atoms. The number of anilines is 1. The van der Waals surface area contributed by atoms with Crippen molar-refractivity contribution in [2.75, 3.05) is 25.0 Å². The number of aromatic carboxylic acids is 1. The van der Waals surface area contributed by atoms with E-state index >= 15 is 0 Å². The molecule has 0 radical (unpaired) electrons. The third-order valence-corrected chi connectivity index (χ3v) is 4.10. The molecule has 1 aromatic heterocycles. The molecule has 4 rings (SSSR count). The first kappa shape index (κ1) is 12.3. The maximum absolute atomic E-state index is 14.0. The molecule has 0 aliphatic carbocycles. The van der Waals surface area contributed by atoms with Crippen LogP contribution in [0.3, 0.4) is 0 Å². The highest BCUT2D eigenvalue weighted by Crippen LogP contribution is 2.30. The van der Waals surface area contributed by atoms with E-state index < -0.39 is 11.8 Å². The molecule has 2 N–H and O–H groups in total. The minimum atomic E-state index is -1.27. The monoisotopic (exact) mass is 265 g/mol. The van der Waals surface area contributed by atoms with Gasteiger partial charge in [0.1, 0.15) is 5.56 Å². The average molecular weight is 265 g/mol. The normalized spacial score (nSPS) is 29.2. The minimum Gasteiger partial charge on any atom is -0.478 e. The van der Waals surface area contributed by atoms with E-state index in [0.717, 1.165) is 32.5 Å². The Bertz CT molecular complexity index is 501. The maximum atomic E-state index is 14.0. The van der Waals surface area contributed by atoms with Gasteiger partial charge in [0.2, 0.25) is 0 Å². The number of nitrogens with one attached hydrogen (secondary N) is 1. The third kappa shape index (κ3) is 2.28. The SMILES string of the molecule is O=C(O)c1ccnc(NC2CN3CCC2CC3)c1F. The number of halogens is 1. The molecule has 0 saturated carbocycles. The second-order valence-corrected chi connectivity index (χ2v) is 5.22. The predicted molar refractivity (Wildman–Crippen MR) is 67.7 cm³/mol. The van der Waals surface area contributed by atoms with Gasteiger partial charge < -0.3 is 15.3 Å². The third-order valence-electron chi connectivity index (χ3n) is 4.10. The highest BCUT2D eigenvalue weighted by Gasteiger charge is 2.34. The highest BCUT2D eigenvalue weighted by molar-refractivity contribution is 5.88. The van der Waals surface area contributed by atoms with Crippen LogP contribution in [0.1, 0.15) is 23.2 Å². The fourth-order valence-corrected chi connectivity index (χ4v) is 3.01. The fraction of sp³-hybridized carbons (Fsp3) is 0.538. The topological polar surface area (TPSA) is 65.5 Å². The van der Waals surface area contributed by atoms with Gasteiger partial charge in [0.15, 0.2) is 11.6 Å². The zero-order valence-electron chi connectivity index (χ0n) is 10.5. The van der Waals surface area contributed by atoms with Gasteiger partial charge in [-0.15, -0.1) is 0 Å². The van der Waals surface area contributed by atoms with Crippen LogP contribution in [-0.2, 0) is 0 Å². The van der Waals surface area contributed by atoms with Gasteiger partial charge in [0.25, 0.3) is 0 Å². The molecule has 0 aromatic carbocycles. The van der Waals surface area contributed by atoms with E-state index in [1.807, 2.05) is 0 Å². The number of hydrogen-bond acceptors (Lipinski definition) is 4. The molecule has 4 heterocycles. The Morgan fingerprint density at radius 3 is 2.79 bits per heavy atom. The van der Waals surface area contributed by atoms with Gasteiger partial charge in [0, 0.05) is 18.8 Å². The number of piperidine rings is 3. The summed E-state index contributed by atoms with van der Waals surface area (Å²) in [5, 5.41) is 12.0. The lowest BCUT2D eigenvalue weighted by Gasteiger charge is -2.45. The summed E-state index contributed by atoms with van der Waals surface area (Å²) in [6.07, 6.45) is 3.55. The standard InChI is InChI=1S/C13H16FN3O2/c14-11-9(13(18)19)1-4-15-12(11)16-10-7-17-5-2-8(10)3-6-17/h1,4,8,10H,2-3,5-7H2,(H,15,16)(H,18,19). The molecule has 6 heteroatoms. The van der Waals surface area contributed by atoms with E-state index in [0.29, 0.717) is 5.92 Å². The van der Waals surface area contributed by atoms with E-state index in [4.69, 9.17) is 5.11 Å². The number of carbonyl (C=O) groups is 1. The van der Waals surface area contributed by atoms with Crippen molar-refractivity contribution in [3.8, 4) is 0 Å². The number of carboxylic acid groups (broad SMARTS) is 1. The summed E-state index contributed by atoms with van der Waals surface area (Å²) >= 11 is 0. The molecule has 102 valence electrons. The molecule has 3 fully saturated rings. The first-order valence-corrected chi connectivity index (χ1v) is 6.52. The van der Waals surface area contributed by atoms with Gasteiger partial charge in [-0.25, -0.2) is 14.2 Å². The molecule has 1 unspecified atom stereocenters. The van der Waals surface area contributed by atoms with Crippen molar-refractivity contribution in [2.45, 2.75) is 18.9 Å². The summed E-state index contributed by atoms with van der Waals surface area (Å²) in [6, 6.07) is 1.34. The molecule has 0 amide bonds. The molecular weight excluding hydrogens is 249 g/mol. The van der Waals surface area contributed by atoms with Crippen LogP contribution in [0.2, 0.25) is 0 Å². The Kier molecular flexibility index (Phi) is 3.10. The first-order valence-electron chi connectivity index (χ1n) is 6.52. The lowest BCUT2D eigenvalue weighted by atomic mass is 9.84. The van der Waals surface area contributed by atoms with Gasteiger partial charge in [-0.3, -0.25) is 0 Å². The van der Waals surface area contributed by atoms with E-state index in [9.17, 15) is 9.18 Å². The maximum Gasteiger partial charge on any atom is 0.338 e. The Labute approximate surface area is 110 Å². The molecule has 19 heavy (non-hydrogen) atoms. The van der Waals surface area contributed by atoms with Crippen molar-refractivity contribution in [3.05, 3.63) is 23.6 Å². The summed E-state index contributed by atoms with van der Waals surface area (Å²) in [7, 11) is 0. The summed E-state index contributed by atoms with van der Waals surface area (Å²) in [6.45, 7) is 3.09. The van der Waals surface area contributed by atoms with E-state index in [-0.39, 0.29) is 17.4 Å². The van der Waals surface area contributed by atoms with Crippen molar-refractivity contribution in [1.29, 1.82) is 0 Å². The molecule has 2 bridgehead atoms. The Morgan fingerprint density at radius 2 is 2.21 bits per heavy atom. The zero-order chi connectivity index (χ0) is 13.4. The van der Waals surface area contributed by atoms with E-state index in [1.54, 1.807) is 0 Å². The summed E-state index contributed by atoms with van der Waals surface area (Å²) < 4.78 is 14.0. The van der Waals surface area contributed by atoms with Crippen LogP contribution in [0.5, 0.6) is 0 Å². The number of hydrogen-bond donors (Lipinski definition) is 2. The lowest BCUT2D eigenvalue weighted by molar-refractivity contribution is 0.0691. The van der Waals surface area contributed by atoms with Crippen LogP contribution < -0.4 is 5.32 Å². The summed E-state index contributed by atoms with van der Waals surface area (Å²) in [5.41, 5.74) is -0.334. The number of rotatable bonds is 3. The number of nitrogens with zero attached hydrogens (tertiary/aromatic N) is 2. The van der Waals surface area contributed by atoms with Crippen LogP contribution >= 0.6 is 0 Å². The zero-order valence-corrected chi connectivity index (χ0v) is 10.5.